The van der Waals surface area contributed by atoms with Gasteiger partial charge in [0, 0.05) is 10.5 Å². The van der Waals surface area contributed by atoms with E-state index in [-0.39, 0.29) is 11.6 Å². The zero-order valence-electron chi connectivity index (χ0n) is 13.2. The van der Waals surface area contributed by atoms with Gasteiger partial charge in [0.05, 0.1) is 18.6 Å². The van der Waals surface area contributed by atoms with E-state index >= 15 is 0 Å². The minimum atomic E-state index is -0.592. The van der Waals surface area contributed by atoms with Gasteiger partial charge in [-0.05, 0) is 47.7 Å². The molecule has 0 radical (unpaired) electrons. The number of esters is 1. The first-order valence-corrected chi connectivity index (χ1v) is 8.25. The second kappa shape index (κ2) is 6.53. The van der Waals surface area contributed by atoms with E-state index in [9.17, 15) is 14.0 Å². The molecule has 0 bridgehead atoms. The Hall–Kier alpha value is -2.53. The maximum Gasteiger partial charge on any atom is 0.338 e. The summed E-state index contributed by atoms with van der Waals surface area (Å²) in [6.45, 7) is 1.74. The van der Waals surface area contributed by atoms with Crippen LogP contribution in [0.25, 0.3) is 6.08 Å². The summed E-state index contributed by atoms with van der Waals surface area (Å²) in [5, 5.41) is 1.90. The van der Waals surface area contributed by atoms with Crippen LogP contribution in [0.5, 0.6) is 0 Å². The quantitative estimate of drug-likeness (QED) is 0.622. The van der Waals surface area contributed by atoms with E-state index in [1.54, 1.807) is 25.1 Å². The average Bonchev–Trinajstić information content (AvgIpc) is 3.16. The number of thiophene rings is 1. The number of ketones is 1. The van der Waals surface area contributed by atoms with Gasteiger partial charge in [-0.3, -0.25) is 4.79 Å². The van der Waals surface area contributed by atoms with Gasteiger partial charge >= 0.3 is 5.97 Å². The number of benzene rings is 1. The number of rotatable bonds is 3. The van der Waals surface area contributed by atoms with E-state index in [0.717, 1.165) is 4.88 Å². The second-order valence-corrected chi connectivity index (χ2v) is 6.45. The molecule has 1 unspecified atom stereocenters. The normalized spacial score (nSPS) is 19.2. The van der Waals surface area contributed by atoms with Crippen LogP contribution in [0, 0.1) is 5.82 Å². The lowest BCUT2D eigenvalue weighted by atomic mass is 9.92. The lowest BCUT2D eigenvalue weighted by Crippen LogP contribution is -2.10. The molecular formula is C19H15FO3S. The molecule has 1 aromatic carbocycles. The van der Waals surface area contributed by atoms with Gasteiger partial charge in [0.2, 0.25) is 0 Å². The van der Waals surface area contributed by atoms with Crippen LogP contribution in [0.4, 0.5) is 4.39 Å². The number of Topliss-reactive ketones (excluding diaryl/α,β-unsaturated/α-hetero) is 1. The van der Waals surface area contributed by atoms with Gasteiger partial charge in [0.25, 0.3) is 0 Å². The molecule has 0 saturated carbocycles. The van der Waals surface area contributed by atoms with E-state index < -0.39 is 11.9 Å². The van der Waals surface area contributed by atoms with Crippen molar-refractivity contribution >= 4 is 29.2 Å². The largest absolute Gasteiger partial charge is 0.465 e. The first-order chi connectivity index (χ1) is 11.5. The molecule has 2 aromatic rings. The van der Waals surface area contributed by atoms with Gasteiger partial charge < -0.3 is 4.74 Å². The highest BCUT2D eigenvalue weighted by atomic mass is 32.1. The molecule has 1 aromatic heterocycles. The summed E-state index contributed by atoms with van der Waals surface area (Å²) >= 11 is 1.48. The predicted molar refractivity (Wildman–Crippen MR) is 91.2 cm³/mol. The number of methoxy groups -OCH3 is 1. The van der Waals surface area contributed by atoms with Crippen molar-refractivity contribution < 1.29 is 18.7 Å². The van der Waals surface area contributed by atoms with E-state index in [0.29, 0.717) is 22.3 Å². The molecule has 1 atom stereocenters. The van der Waals surface area contributed by atoms with Gasteiger partial charge in [-0.15, -0.1) is 11.3 Å². The third-order valence-corrected chi connectivity index (χ3v) is 4.87. The first-order valence-electron chi connectivity index (χ1n) is 7.37. The minimum Gasteiger partial charge on any atom is -0.465 e. The number of carbonyl (C=O) groups excluding carboxylic acids is 2. The average molecular weight is 342 g/mol. The van der Waals surface area contributed by atoms with Crippen LogP contribution in [0.1, 0.15) is 23.3 Å². The second-order valence-electron chi connectivity index (χ2n) is 5.47. The van der Waals surface area contributed by atoms with E-state index in [2.05, 4.69) is 0 Å². The molecule has 24 heavy (non-hydrogen) atoms. The van der Waals surface area contributed by atoms with E-state index in [4.69, 9.17) is 4.74 Å². The molecule has 0 fully saturated rings. The van der Waals surface area contributed by atoms with Crippen LogP contribution in [0.2, 0.25) is 0 Å². The molecule has 0 aliphatic heterocycles. The van der Waals surface area contributed by atoms with Crippen LogP contribution in [-0.2, 0) is 14.3 Å². The first kappa shape index (κ1) is 16.3. The number of allylic oxidation sites excluding steroid dienone is 1. The molecule has 0 saturated heterocycles. The molecule has 1 aliphatic carbocycles. The monoisotopic (exact) mass is 342 g/mol. The van der Waals surface area contributed by atoms with Gasteiger partial charge in [-0.25, -0.2) is 9.18 Å². The van der Waals surface area contributed by atoms with Crippen LogP contribution < -0.4 is 0 Å². The van der Waals surface area contributed by atoms with E-state index in [1.807, 2.05) is 17.5 Å². The van der Waals surface area contributed by atoms with Crippen molar-refractivity contribution in [3.63, 3.8) is 0 Å². The molecule has 5 heteroatoms. The summed E-state index contributed by atoms with van der Waals surface area (Å²) in [6.07, 6.45) is 1.71. The highest BCUT2D eigenvalue weighted by Crippen LogP contribution is 2.41. The molecule has 0 amide bonds. The summed E-state index contributed by atoms with van der Waals surface area (Å²) < 4.78 is 18.0. The summed E-state index contributed by atoms with van der Waals surface area (Å²) in [6, 6.07) is 9.53. The highest BCUT2D eigenvalue weighted by Gasteiger charge is 2.39. The van der Waals surface area contributed by atoms with Crippen molar-refractivity contribution in [1.82, 2.24) is 0 Å². The van der Waals surface area contributed by atoms with Crippen molar-refractivity contribution in [1.29, 1.82) is 0 Å². The molecular weight excluding hydrogens is 327 g/mol. The van der Waals surface area contributed by atoms with Crippen LogP contribution in [0.15, 0.2) is 58.5 Å². The Morgan fingerprint density at radius 1 is 1.25 bits per heavy atom. The zero-order chi connectivity index (χ0) is 17.3. The van der Waals surface area contributed by atoms with Gasteiger partial charge in [-0.1, -0.05) is 18.2 Å². The fraction of sp³-hybridized carbons (Fsp3) is 0.158. The third kappa shape index (κ3) is 2.83. The van der Waals surface area contributed by atoms with Crippen molar-refractivity contribution in [3.8, 4) is 0 Å². The number of ether oxygens (including phenoxy) is 1. The van der Waals surface area contributed by atoms with Gasteiger partial charge in [0.1, 0.15) is 5.82 Å². The Balaban J connectivity index is 2.12. The molecule has 122 valence electrons. The summed E-state index contributed by atoms with van der Waals surface area (Å²) in [5.74, 6) is -1.67. The van der Waals surface area contributed by atoms with Crippen molar-refractivity contribution in [2.45, 2.75) is 12.8 Å². The van der Waals surface area contributed by atoms with Gasteiger partial charge in [0.15, 0.2) is 5.78 Å². The Morgan fingerprint density at radius 3 is 2.54 bits per heavy atom. The highest BCUT2D eigenvalue weighted by molar-refractivity contribution is 7.10. The van der Waals surface area contributed by atoms with Crippen molar-refractivity contribution in [2.75, 3.05) is 7.11 Å². The lowest BCUT2D eigenvalue weighted by Gasteiger charge is -2.10. The SMILES string of the molecule is COC(=O)C1=C(C)C(c2ccc(F)cc2)C(=O)/C1=C\c1cccs1. The summed E-state index contributed by atoms with van der Waals surface area (Å²) in [5.41, 5.74) is 1.93. The molecule has 3 rings (SSSR count). The molecule has 1 heterocycles. The number of carbonyl (C=O) groups is 2. The maximum absolute atomic E-state index is 13.2. The Bertz CT molecular complexity index is 845. The Morgan fingerprint density at radius 2 is 1.96 bits per heavy atom. The standard InChI is InChI=1S/C19H15FO3S/c1-11-16(12-5-7-13(20)8-6-12)18(21)15(17(11)19(22)23-2)10-14-4-3-9-24-14/h3-10,16H,1-2H3/b15-10-. The van der Waals surface area contributed by atoms with Crippen molar-refractivity contribution in [3.05, 3.63) is 74.8 Å². The Kier molecular flexibility index (Phi) is 4.44. The predicted octanol–water partition coefficient (Wildman–Crippen LogP) is 4.13. The smallest absolute Gasteiger partial charge is 0.338 e. The van der Waals surface area contributed by atoms with Crippen LogP contribution >= 0.6 is 11.3 Å². The van der Waals surface area contributed by atoms with E-state index in [1.165, 1.54) is 30.6 Å². The molecule has 1 aliphatic rings. The fourth-order valence-electron chi connectivity index (χ4n) is 2.92. The topological polar surface area (TPSA) is 43.4 Å². The molecule has 0 N–H and O–H groups in total. The fourth-order valence-corrected chi connectivity index (χ4v) is 3.58. The Labute approximate surface area is 143 Å². The van der Waals surface area contributed by atoms with Crippen LogP contribution in [0.3, 0.4) is 0 Å². The maximum atomic E-state index is 13.2. The number of halogens is 1. The molecule has 0 spiro atoms. The minimum absolute atomic E-state index is 0.173. The summed E-state index contributed by atoms with van der Waals surface area (Å²) in [7, 11) is 1.29. The van der Waals surface area contributed by atoms with Crippen LogP contribution in [-0.4, -0.2) is 18.9 Å². The van der Waals surface area contributed by atoms with Crippen molar-refractivity contribution in [2.24, 2.45) is 0 Å². The van der Waals surface area contributed by atoms with Gasteiger partial charge in [-0.2, -0.15) is 0 Å². The number of hydrogen-bond acceptors (Lipinski definition) is 4. The molecule has 3 nitrogen and oxygen atoms in total. The summed E-state index contributed by atoms with van der Waals surface area (Å²) in [4.78, 5) is 26.0. The third-order valence-electron chi connectivity index (χ3n) is 4.05. The number of hydrogen-bond donors (Lipinski definition) is 0. The zero-order valence-corrected chi connectivity index (χ0v) is 14.0. The lowest BCUT2D eigenvalue weighted by molar-refractivity contribution is -0.136.